The Labute approximate surface area is 123 Å². The highest BCUT2D eigenvalue weighted by Gasteiger charge is 2.06. The van der Waals surface area contributed by atoms with Gasteiger partial charge in [-0.2, -0.15) is 0 Å². The maximum atomic E-state index is 11.9. The zero-order valence-electron chi connectivity index (χ0n) is 10.1. The molecule has 0 radical (unpaired) electrons. The van der Waals surface area contributed by atoms with E-state index in [9.17, 15) is 4.79 Å². The fourth-order valence-electron chi connectivity index (χ4n) is 1.71. The predicted octanol–water partition coefficient (Wildman–Crippen LogP) is 3.99. The lowest BCUT2D eigenvalue weighted by Crippen LogP contribution is -2.19. The molecule has 0 bridgehead atoms. The third-order valence-corrected chi connectivity index (χ3v) is 3.66. The van der Waals surface area contributed by atoms with Crippen molar-refractivity contribution in [3.05, 3.63) is 47.5 Å². The molecule has 0 aliphatic carbocycles. The highest BCUT2D eigenvalue weighted by atomic mass is 35.5. The van der Waals surface area contributed by atoms with Gasteiger partial charge in [0, 0.05) is 5.69 Å². The number of benzene rings is 2. The molecule has 0 saturated heterocycles. The minimum Gasteiger partial charge on any atom is -0.308 e. The molecule has 0 fully saturated rings. The molecule has 7 heteroatoms. The van der Waals surface area contributed by atoms with Gasteiger partial charge in [0.15, 0.2) is 0 Å². The summed E-state index contributed by atoms with van der Waals surface area (Å²) in [4.78, 5) is 11.9. The van der Waals surface area contributed by atoms with Gasteiger partial charge in [0.25, 0.3) is 0 Å². The van der Waals surface area contributed by atoms with E-state index in [-0.39, 0.29) is 6.03 Å². The lowest BCUT2D eigenvalue weighted by molar-refractivity contribution is 0.262. The van der Waals surface area contributed by atoms with E-state index in [1.165, 1.54) is 11.5 Å². The zero-order valence-corrected chi connectivity index (χ0v) is 11.7. The van der Waals surface area contributed by atoms with Crippen LogP contribution in [0.1, 0.15) is 0 Å². The molecule has 1 heterocycles. The first-order chi connectivity index (χ1) is 9.72. The standard InChI is InChI=1S/C13H9ClN4OS/c14-9-3-1-2-4-10(9)16-13(19)15-8-5-6-12-11(7-8)17-18-20-12/h1-7H,(H2,15,16,19). The van der Waals surface area contributed by atoms with Crippen molar-refractivity contribution in [2.75, 3.05) is 10.6 Å². The molecule has 0 saturated carbocycles. The Morgan fingerprint density at radius 1 is 1.15 bits per heavy atom. The molecule has 0 aliphatic heterocycles. The van der Waals surface area contributed by atoms with E-state index in [4.69, 9.17) is 11.6 Å². The van der Waals surface area contributed by atoms with Gasteiger partial charge < -0.3 is 10.6 Å². The topological polar surface area (TPSA) is 66.9 Å². The highest BCUT2D eigenvalue weighted by molar-refractivity contribution is 7.12. The molecule has 2 aromatic carbocycles. The van der Waals surface area contributed by atoms with Gasteiger partial charge in [-0.05, 0) is 41.9 Å². The smallest absolute Gasteiger partial charge is 0.308 e. The monoisotopic (exact) mass is 304 g/mol. The van der Waals surface area contributed by atoms with Gasteiger partial charge in [-0.25, -0.2) is 4.79 Å². The first-order valence-corrected chi connectivity index (χ1v) is 6.92. The highest BCUT2D eigenvalue weighted by Crippen LogP contribution is 2.22. The molecule has 20 heavy (non-hydrogen) atoms. The van der Waals surface area contributed by atoms with Crippen molar-refractivity contribution in [3.63, 3.8) is 0 Å². The van der Waals surface area contributed by atoms with Crippen molar-refractivity contribution in [1.82, 2.24) is 9.59 Å². The minimum atomic E-state index is -0.361. The average molecular weight is 305 g/mol. The molecular formula is C13H9ClN4OS. The number of rotatable bonds is 2. The Balaban J connectivity index is 1.74. The number of carbonyl (C=O) groups is 1. The van der Waals surface area contributed by atoms with Gasteiger partial charge in [0.2, 0.25) is 0 Å². The molecule has 100 valence electrons. The number of amides is 2. The largest absolute Gasteiger partial charge is 0.323 e. The lowest BCUT2D eigenvalue weighted by atomic mass is 10.3. The number of hydrogen-bond acceptors (Lipinski definition) is 4. The number of halogens is 1. The number of para-hydroxylation sites is 1. The number of fused-ring (bicyclic) bond motifs is 1. The van der Waals surface area contributed by atoms with Crippen LogP contribution >= 0.6 is 23.1 Å². The van der Waals surface area contributed by atoms with Crippen molar-refractivity contribution in [3.8, 4) is 0 Å². The van der Waals surface area contributed by atoms with Gasteiger partial charge in [0.05, 0.1) is 15.4 Å². The van der Waals surface area contributed by atoms with Crippen LogP contribution in [0.25, 0.3) is 10.2 Å². The summed E-state index contributed by atoms with van der Waals surface area (Å²) in [5, 5.41) is 9.86. The van der Waals surface area contributed by atoms with Gasteiger partial charge in [-0.15, -0.1) is 5.10 Å². The number of nitrogens with one attached hydrogen (secondary N) is 2. The van der Waals surface area contributed by atoms with E-state index in [0.29, 0.717) is 16.4 Å². The maximum absolute atomic E-state index is 11.9. The van der Waals surface area contributed by atoms with Crippen LogP contribution < -0.4 is 10.6 Å². The summed E-state index contributed by atoms with van der Waals surface area (Å²) >= 11 is 7.29. The molecule has 0 unspecified atom stereocenters. The van der Waals surface area contributed by atoms with Crippen LogP contribution in [-0.4, -0.2) is 15.6 Å². The van der Waals surface area contributed by atoms with Gasteiger partial charge in [-0.1, -0.05) is 28.2 Å². The van der Waals surface area contributed by atoms with E-state index in [1.807, 2.05) is 6.07 Å². The van der Waals surface area contributed by atoms with Crippen molar-refractivity contribution in [2.24, 2.45) is 0 Å². The van der Waals surface area contributed by atoms with Crippen LogP contribution in [-0.2, 0) is 0 Å². The maximum Gasteiger partial charge on any atom is 0.323 e. The summed E-state index contributed by atoms with van der Waals surface area (Å²) in [7, 11) is 0. The summed E-state index contributed by atoms with van der Waals surface area (Å²) in [5.41, 5.74) is 1.96. The van der Waals surface area contributed by atoms with Crippen LogP contribution in [0.3, 0.4) is 0 Å². The Bertz CT molecular complexity index is 774. The molecule has 5 nitrogen and oxygen atoms in total. The Morgan fingerprint density at radius 3 is 2.85 bits per heavy atom. The van der Waals surface area contributed by atoms with Gasteiger partial charge in [-0.3, -0.25) is 0 Å². The van der Waals surface area contributed by atoms with Crippen molar-refractivity contribution in [1.29, 1.82) is 0 Å². The van der Waals surface area contributed by atoms with Crippen LogP contribution in [0.15, 0.2) is 42.5 Å². The van der Waals surface area contributed by atoms with Gasteiger partial charge in [0.1, 0.15) is 5.52 Å². The lowest BCUT2D eigenvalue weighted by Gasteiger charge is -2.08. The second-order valence-corrected chi connectivity index (χ2v) is 5.21. The molecule has 3 aromatic rings. The third kappa shape index (κ3) is 2.71. The Kier molecular flexibility index (Phi) is 3.49. The number of nitrogens with zero attached hydrogens (tertiary/aromatic N) is 2. The van der Waals surface area contributed by atoms with E-state index in [1.54, 1.807) is 36.4 Å². The van der Waals surface area contributed by atoms with Crippen LogP contribution in [0, 0.1) is 0 Å². The predicted molar refractivity (Wildman–Crippen MR) is 81.5 cm³/mol. The van der Waals surface area contributed by atoms with Crippen molar-refractivity contribution in [2.45, 2.75) is 0 Å². The summed E-state index contributed by atoms with van der Waals surface area (Å²) in [6, 6.07) is 12.1. The number of urea groups is 1. The molecule has 2 amide bonds. The van der Waals surface area contributed by atoms with Crippen LogP contribution in [0.5, 0.6) is 0 Å². The normalized spacial score (nSPS) is 10.4. The fourth-order valence-corrected chi connectivity index (χ4v) is 2.43. The Hall–Kier alpha value is -2.18. The van der Waals surface area contributed by atoms with Crippen molar-refractivity contribution >= 4 is 50.8 Å². The second-order valence-electron chi connectivity index (χ2n) is 4.01. The molecule has 0 spiro atoms. The Morgan fingerprint density at radius 2 is 2.00 bits per heavy atom. The van der Waals surface area contributed by atoms with E-state index in [2.05, 4.69) is 20.2 Å². The van der Waals surface area contributed by atoms with Gasteiger partial charge >= 0.3 is 6.03 Å². The average Bonchev–Trinajstić information content (AvgIpc) is 2.89. The molecule has 1 aromatic heterocycles. The van der Waals surface area contributed by atoms with Crippen molar-refractivity contribution < 1.29 is 4.79 Å². The summed E-state index contributed by atoms with van der Waals surface area (Å²) < 4.78 is 4.82. The molecule has 2 N–H and O–H groups in total. The molecule has 3 rings (SSSR count). The molecular weight excluding hydrogens is 296 g/mol. The quantitative estimate of drug-likeness (QED) is 0.752. The summed E-state index contributed by atoms with van der Waals surface area (Å²) in [6.45, 7) is 0. The molecule has 0 atom stereocenters. The first-order valence-electron chi connectivity index (χ1n) is 5.77. The number of hydrogen-bond donors (Lipinski definition) is 2. The van der Waals surface area contributed by atoms with E-state index < -0.39 is 0 Å². The van der Waals surface area contributed by atoms with Crippen LogP contribution in [0.2, 0.25) is 5.02 Å². The number of aromatic nitrogens is 2. The summed E-state index contributed by atoms with van der Waals surface area (Å²) in [6.07, 6.45) is 0. The minimum absolute atomic E-state index is 0.361. The van der Waals surface area contributed by atoms with E-state index in [0.717, 1.165) is 10.2 Å². The second kappa shape index (κ2) is 5.44. The first kappa shape index (κ1) is 12.8. The third-order valence-electron chi connectivity index (χ3n) is 2.63. The number of anilines is 2. The molecule has 0 aliphatic rings. The number of carbonyl (C=O) groups excluding carboxylic acids is 1. The fraction of sp³-hybridized carbons (Fsp3) is 0. The van der Waals surface area contributed by atoms with Crippen LogP contribution in [0.4, 0.5) is 16.2 Å². The zero-order chi connectivity index (χ0) is 13.9. The van der Waals surface area contributed by atoms with E-state index >= 15 is 0 Å². The summed E-state index contributed by atoms with van der Waals surface area (Å²) in [5.74, 6) is 0. The SMILES string of the molecule is O=C(Nc1ccc2snnc2c1)Nc1ccccc1Cl.